The number of H-pyrrole nitrogens is 1. The molecule has 12 heteroatoms. The molecule has 208 valence electrons. The van der Waals surface area contributed by atoms with Crippen LogP contribution in [0, 0.1) is 25.5 Å². The lowest BCUT2D eigenvalue weighted by Gasteiger charge is -2.18. The summed E-state index contributed by atoms with van der Waals surface area (Å²) >= 11 is 0. The molecule has 1 aliphatic rings. The third-order valence-electron chi connectivity index (χ3n) is 7.02. The fourth-order valence-electron chi connectivity index (χ4n) is 4.94. The average molecular weight is 559 g/mol. The molecule has 1 aliphatic carbocycles. The number of fused-ring (bicyclic) bond motifs is 1. The molecule has 1 aromatic carbocycles. The number of nitrogens with one attached hydrogen (secondary N) is 2. The Bertz CT molecular complexity index is 1690. The lowest BCUT2D eigenvalue weighted by molar-refractivity contribution is -0.138. The van der Waals surface area contributed by atoms with Crippen LogP contribution in [0.25, 0.3) is 22.2 Å². The van der Waals surface area contributed by atoms with Gasteiger partial charge in [-0.15, -0.1) is 0 Å². The van der Waals surface area contributed by atoms with Crippen LogP contribution in [-0.2, 0) is 6.18 Å². The number of amides is 1. The standard InChI is InChI=1S/C28H23F5N4O3/c1-13-16(28(31,32)33)12-35-27(40-21-8-7-17(29)24(30)14(21)2)22(13)19-11-20(38)23-18(37-19)9-10-34-25(23)26(39)36-15-5-3-4-6-15/h7-12,15H,3-6H2,1-2H3,(H,36,39)(H,37,38). The number of rotatable bonds is 5. The first kappa shape index (κ1) is 27.2. The van der Waals surface area contributed by atoms with Crippen molar-refractivity contribution in [3.05, 3.63) is 80.9 Å². The second-order valence-electron chi connectivity index (χ2n) is 9.65. The van der Waals surface area contributed by atoms with Crippen LogP contribution in [0.5, 0.6) is 11.6 Å². The maximum Gasteiger partial charge on any atom is 0.418 e. The molecule has 0 unspecified atom stereocenters. The number of hydrogen-bond acceptors (Lipinski definition) is 5. The summed E-state index contributed by atoms with van der Waals surface area (Å²) in [6.07, 6.45) is 0.698. The van der Waals surface area contributed by atoms with Gasteiger partial charge in [0.25, 0.3) is 5.91 Å². The fraction of sp³-hybridized carbons (Fsp3) is 0.286. The third kappa shape index (κ3) is 5.01. The van der Waals surface area contributed by atoms with E-state index in [1.807, 2.05) is 0 Å². The molecular weight excluding hydrogens is 535 g/mol. The maximum absolute atomic E-state index is 14.2. The molecule has 0 spiro atoms. The number of ether oxygens (including phenoxy) is 1. The first-order valence-electron chi connectivity index (χ1n) is 12.5. The third-order valence-corrected chi connectivity index (χ3v) is 7.02. The summed E-state index contributed by atoms with van der Waals surface area (Å²) in [6.45, 7) is 2.42. The number of carbonyl (C=O) groups excluding carboxylic acids is 1. The molecule has 40 heavy (non-hydrogen) atoms. The van der Waals surface area contributed by atoms with Crippen molar-refractivity contribution in [2.45, 2.75) is 51.7 Å². The van der Waals surface area contributed by atoms with Gasteiger partial charge in [-0.2, -0.15) is 13.2 Å². The topological polar surface area (TPSA) is 97.0 Å². The van der Waals surface area contributed by atoms with E-state index in [1.54, 1.807) is 0 Å². The smallest absolute Gasteiger partial charge is 0.418 e. The van der Waals surface area contributed by atoms with Gasteiger partial charge in [-0.1, -0.05) is 12.8 Å². The first-order chi connectivity index (χ1) is 19.0. The summed E-state index contributed by atoms with van der Waals surface area (Å²) in [5.41, 5.74) is -2.54. The van der Waals surface area contributed by atoms with Crippen LogP contribution in [0.3, 0.4) is 0 Å². The predicted octanol–water partition coefficient (Wildman–Crippen LogP) is 6.36. The second kappa shape index (κ2) is 10.3. The molecule has 0 radical (unpaired) electrons. The first-order valence-corrected chi connectivity index (χ1v) is 12.5. The van der Waals surface area contributed by atoms with Gasteiger partial charge in [0.05, 0.1) is 27.7 Å². The average Bonchev–Trinajstić information content (AvgIpc) is 3.41. The maximum atomic E-state index is 14.2. The van der Waals surface area contributed by atoms with Crippen molar-refractivity contribution < 1.29 is 31.5 Å². The number of benzene rings is 1. The monoisotopic (exact) mass is 558 g/mol. The van der Waals surface area contributed by atoms with Crippen LogP contribution in [0.4, 0.5) is 22.0 Å². The zero-order valence-corrected chi connectivity index (χ0v) is 21.4. The zero-order valence-electron chi connectivity index (χ0n) is 21.4. The quantitative estimate of drug-likeness (QED) is 0.278. The van der Waals surface area contributed by atoms with E-state index in [0.29, 0.717) is 6.20 Å². The molecule has 1 amide bonds. The molecule has 0 bridgehead atoms. The molecule has 0 aliphatic heterocycles. The van der Waals surface area contributed by atoms with Gasteiger partial charge in [-0.25, -0.2) is 13.8 Å². The highest BCUT2D eigenvalue weighted by Gasteiger charge is 2.35. The SMILES string of the molecule is Cc1c(Oc2ncc(C(F)(F)F)c(C)c2-c2cc(=O)c3c(C(=O)NC4CCCC4)nccc3[nH]2)ccc(F)c1F. The van der Waals surface area contributed by atoms with E-state index in [4.69, 9.17) is 4.74 Å². The summed E-state index contributed by atoms with van der Waals surface area (Å²) in [5.74, 6) is -3.38. The van der Waals surface area contributed by atoms with Crippen molar-refractivity contribution in [3.8, 4) is 22.9 Å². The van der Waals surface area contributed by atoms with Crippen LogP contribution >= 0.6 is 0 Å². The molecule has 2 N–H and O–H groups in total. The number of nitrogens with zero attached hydrogens (tertiary/aromatic N) is 2. The van der Waals surface area contributed by atoms with Gasteiger partial charge in [0.2, 0.25) is 5.88 Å². The van der Waals surface area contributed by atoms with Crippen molar-refractivity contribution in [2.24, 2.45) is 0 Å². The number of aromatic amines is 1. The fourth-order valence-corrected chi connectivity index (χ4v) is 4.94. The highest BCUT2D eigenvalue weighted by molar-refractivity contribution is 6.04. The molecule has 1 fully saturated rings. The highest BCUT2D eigenvalue weighted by Crippen LogP contribution is 2.41. The summed E-state index contributed by atoms with van der Waals surface area (Å²) in [5, 5.41) is 2.85. The Hall–Kier alpha value is -4.35. The number of hydrogen-bond donors (Lipinski definition) is 2. The lowest BCUT2D eigenvalue weighted by Crippen LogP contribution is -2.33. The van der Waals surface area contributed by atoms with E-state index in [0.717, 1.165) is 43.9 Å². The van der Waals surface area contributed by atoms with Crippen LogP contribution in [0.1, 0.15) is 52.9 Å². The molecular formula is C28H23F5N4O3. The summed E-state index contributed by atoms with van der Waals surface area (Å²) in [6, 6.07) is 4.36. The lowest BCUT2D eigenvalue weighted by atomic mass is 10.0. The second-order valence-corrected chi connectivity index (χ2v) is 9.65. The molecule has 0 saturated heterocycles. The van der Waals surface area contributed by atoms with Gasteiger partial charge in [-0.3, -0.25) is 14.6 Å². The van der Waals surface area contributed by atoms with Crippen molar-refractivity contribution in [1.29, 1.82) is 0 Å². The molecule has 3 heterocycles. The van der Waals surface area contributed by atoms with Gasteiger partial charge >= 0.3 is 6.18 Å². The van der Waals surface area contributed by atoms with E-state index in [1.165, 1.54) is 26.1 Å². The Balaban J connectivity index is 1.66. The Kier molecular flexibility index (Phi) is 7.03. The summed E-state index contributed by atoms with van der Waals surface area (Å²) < 4.78 is 74.9. The van der Waals surface area contributed by atoms with Gasteiger partial charge in [0.15, 0.2) is 17.1 Å². The van der Waals surface area contributed by atoms with E-state index < -0.39 is 34.7 Å². The highest BCUT2D eigenvalue weighted by atomic mass is 19.4. The van der Waals surface area contributed by atoms with Gasteiger partial charge in [0.1, 0.15) is 11.4 Å². The number of aromatic nitrogens is 3. The molecule has 3 aromatic heterocycles. The molecule has 7 nitrogen and oxygen atoms in total. The van der Waals surface area contributed by atoms with Crippen LogP contribution < -0.4 is 15.5 Å². The normalized spacial score (nSPS) is 14.1. The van der Waals surface area contributed by atoms with Crippen LogP contribution in [0.15, 0.2) is 41.5 Å². The van der Waals surface area contributed by atoms with Gasteiger partial charge in [0, 0.05) is 30.1 Å². The molecule has 0 atom stereocenters. The van der Waals surface area contributed by atoms with Gasteiger partial charge < -0.3 is 15.0 Å². The Labute approximate surface area is 224 Å². The minimum atomic E-state index is -4.78. The largest absolute Gasteiger partial charge is 0.438 e. The van der Waals surface area contributed by atoms with E-state index >= 15 is 0 Å². The Morgan fingerprint density at radius 2 is 1.80 bits per heavy atom. The Morgan fingerprint density at radius 3 is 2.50 bits per heavy atom. The van der Waals surface area contributed by atoms with E-state index in [-0.39, 0.29) is 56.7 Å². The van der Waals surface area contributed by atoms with Crippen molar-refractivity contribution in [1.82, 2.24) is 20.3 Å². The Morgan fingerprint density at radius 1 is 1.07 bits per heavy atom. The van der Waals surface area contributed by atoms with Crippen LogP contribution in [-0.4, -0.2) is 26.9 Å². The van der Waals surface area contributed by atoms with Crippen molar-refractivity contribution in [3.63, 3.8) is 0 Å². The number of carbonyl (C=O) groups is 1. The van der Waals surface area contributed by atoms with Gasteiger partial charge in [-0.05, 0) is 50.5 Å². The van der Waals surface area contributed by atoms with Crippen molar-refractivity contribution >= 4 is 16.8 Å². The van der Waals surface area contributed by atoms with Crippen LogP contribution in [0.2, 0.25) is 0 Å². The minimum Gasteiger partial charge on any atom is -0.438 e. The minimum absolute atomic E-state index is 0.0267. The van der Waals surface area contributed by atoms with Crippen molar-refractivity contribution in [2.75, 3.05) is 0 Å². The predicted molar refractivity (Wildman–Crippen MR) is 136 cm³/mol. The van der Waals surface area contributed by atoms with E-state index in [2.05, 4.69) is 20.3 Å². The number of alkyl halides is 3. The molecule has 5 rings (SSSR count). The summed E-state index contributed by atoms with van der Waals surface area (Å²) in [7, 11) is 0. The summed E-state index contributed by atoms with van der Waals surface area (Å²) in [4.78, 5) is 37.1. The number of halogens is 5. The van der Waals surface area contributed by atoms with E-state index in [9.17, 15) is 31.5 Å². The number of pyridine rings is 3. The molecule has 4 aromatic rings. The molecule has 1 saturated carbocycles. The zero-order chi connectivity index (χ0) is 28.8.